The maximum atomic E-state index is 13.0. The van der Waals surface area contributed by atoms with Crippen LogP contribution in [-0.4, -0.2) is 17.5 Å². The number of hydrogen-bond donors (Lipinski definition) is 0. The number of nitrogens with zero attached hydrogens (tertiary/aromatic N) is 2. The van der Waals surface area contributed by atoms with Crippen LogP contribution in [0.4, 0.5) is 5.69 Å². The van der Waals surface area contributed by atoms with Crippen LogP contribution in [0.2, 0.25) is 5.02 Å². The summed E-state index contributed by atoms with van der Waals surface area (Å²) in [4.78, 5) is 26.9. The Hall–Kier alpha value is -3.05. The first-order valence-corrected chi connectivity index (χ1v) is 8.40. The molecule has 0 saturated carbocycles. The molecule has 0 fully saturated rings. The number of anilines is 1. The molecule has 0 aliphatic carbocycles. The van der Waals surface area contributed by atoms with Crippen molar-refractivity contribution < 1.29 is 9.21 Å². The van der Waals surface area contributed by atoms with Crippen LogP contribution in [0.15, 0.2) is 63.8 Å². The predicted molar refractivity (Wildman–Crippen MR) is 103 cm³/mol. The zero-order valence-corrected chi connectivity index (χ0v) is 14.9. The molecule has 0 unspecified atom stereocenters. The Kier molecular flexibility index (Phi) is 3.81. The third-order valence-electron chi connectivity index (χ3n) is 4.54. The lowest BCUT2D eigenvalue weighted by Gasteiger charge is -2.19. The number of aromatic nitrogens is 1. The van der Waals surface area contributed by atoms with E-state index < -0.39 is 5.63 Å². The minimum atomic E-state index is -0.464. The fourth-order valence-corrected chi connectivity index (χ4v) is 3.46. The molecule has 2 aromatic carbocycles. The van der Waals surface area contributed by atoms with Crippen molar-refractivity contribution in [3.8, 4) is 0 Å². The van der Waals surface area contributed by atoms with E-state index in [2.05, 4.69) is 0 Å². The zero-order chi connectivity index (χ0) is 18.4. The lowest BCUT2D eigenvalue weighted by molar-refractivity contribution is 0.0985. The fourth-order valence-electron chi connectivity index (χ4n) is 3.20. The van der Waals surface area contributed by atoms with Gasteiger partial charge in [0.25, 0.3) is 5.91 Å². The van der Waals surface area contributed by atoms with Gasteiger partial charge in [0.1, 0.15) is 11.3 Å². The van der Waals surface area contributed by atoms with E-state index in [0.717, 1.165) is 5.39 Å². The van der Waals surface area contributed by atoms with Crippen LogP contribution in [0.1, 0.15) is 10.5 Å². The van der Waals surface area contributed by atoms with Gasteiger partial charge in [-0.1, -0.05) is 35.9 Å². The van der Waals surface area contributed by atoms with Crippen LogP contribution < -0.4 is 10.5 Å². The molecule has 4 rings (SSSR count). The average molecular weight is 367 g/mol. The van der Waals surface area contributed by atoms with E-state index in [0.29, 0.717) is 32.9 Å². The number of fused-ring (bicyclic) bond motifs is 3. The summed E-state index contributed by atoms with van der Waals surface area (Å²) in [7, 11) is 3.42. The minimum Gasteiger partial charge on any atom is -0.422 e. The highest BCUT2D eigenvalue weighted by Gasteiger charge is 2.22. The summed E-state index contributed by atoms with van der Waals surface area (Å²) in [5.41, 5.74) is 1.68. The number of carbonyl (C=O) groups excluding carboxylic acids is 1. The largest absolute Gasteiger partial charge is 0.422 e. The van der Waals surface area contributed by atoms with E-state index in [1.54, 1.807) is 55.1 Å². The number of carbonyl (C=O) groups is 1. The number of amides is 1. The first-order valence-electron chi connectivity index (χ1n) is 8.03. The Labute approximate surface area is 154 Å². The molecule has 0 N–H and O–H groups in total. The summed E-state index contributed by atoms with van der Waals surface area (Å²) in [6, 6.07) is 16.0. The minimum absolute atomic E-state index is 0.264. The molecule has 0 aliphatic heterocycles. The number of hydrogen-bond acceptors (Lipinski definition) is 3. The van der Waals surface area contributed by atoms with E-state index in [1.165, 1.54) is 4.90 Å². The van der Waals surface area contributed by atoms with Gasteiger partial charge in [0.05, 0.1) is 21.6 Å². The second-order valence-electron chi connectivity index (χ2n) is 6.05. The number of rotatable bonds is 2. The summed E-state index contributed by atoms with van der Waals surface area (Å²) in [6.07, 6.45) is 0. The van der Waals surface area contributed by atoms with Crippen LogP contribution in [0.3, 0.4) is 0 Å². The Morgan fingerprint density at radius 1 is 1.08 bits per heavy atom. The molecule has 0 atom stereocenters. The van der Waals surface area contributed by atoms with Crippen molar-refractivity contribution in [2.75, 3.05) is 11.9 Å². The Balaban J connectivity index is 1.93. The Morgan fingerprint density at radius 3 is 2.54 bits per heavy atom. The molecule has 130 valence electrons. The summed E-state index contributed by atoms with van der Waals surface area (Å²) < 4.78 is 7.10. The number of aryl methyl sites for hydroxylation is 1. The summed E-state index contributed by atoms with van der Waals surface area (Å²) in [5.74, 6) is -0.264. The molecule has 4 aromatic rings. The average Bonchev–Trinajstić information content (AvgIpc) is 2.99. The lowest BCUT2D eigenvalue weighted by Crippen LogP contribution is -2.28. The van der Waals surface area contributed by atoms with Crippen molar-refractivity contribution in [1.29, 1.82) is 0 Å². The Bertz CT molecular complexity index is 1220. The van der Waals surface area contributed by atoms with E-state index in [4.69, 9.17) is 16.0 Å². The van der Waals surface area contributed by atoms with Crippen molar-refractivity contribution >= 4 is 45.1 Å². The third kappa shape index (κ3) is 2.40. The monoisotopic (exact) mass is 366 g/mol. The SMILES string of the molecule is CN(C(=O)c1cc2c(=O)oc3ccccc3c2n1C)c1ccccc1Cl. The van der Waals surface area contributed by atoms with Crippen molar-refractivity contribution in [3.05, 3.63) is 75.7 Å². The molecule has 1 amide bonds. The van der Waals surface area contributed by atoms with Gasteiger partial charge in [-0.2, -0.15) is 0 Å². The smallest absolute Gasteiger partial charge is 0.345 e. The highest BCUT2D eigenvalue weighted by molar-refractivity contribution is 6.34. The molecule has 0 saturated heterocycles. The van der Waals surface area contributed by atoms with E-state index in [1.807, 2.05) is 18.2 Å². The predicted octanol–water partition coefficient (Wildman–Crippen LogP) is 4.21. The number of benzene rings is 2. The van der Waals surface area contributed by atoms with E-state index in [-0.39, 0.29) is 5.91 Å². The Morgan fingerprint density at radius 2 is 1.77 bits per heavy atom. The molecule has 2 heterocycles. The molecule has 0 aliphatic rings. The summed E-state index contributed by atoms with van der Waals surface area (Å²) in [5, 5.41) is 1.64. The quantitative estimate of drug-likeness (QED) is 0.499. The molecule has 26 heavy (non-hydrogen) atoms. The fraction of sp³-hybridized carbons (Fsp3) is 0.100. The summed E-state index contributed by atoms with van der Waals surface area (Å²) >= 11 is 6.21. The van der Waals surface area contributed by atoms with Gasteiger partial charge in [-0.15, -0.1) is 0 Å². The number of halogens is 1. The maximum Gasteiger partial charge on any atom is 0.345 e. The zero-order valence-electron chi connectivity index (χ0n) is 14.2. The van der Waals surface area contributed by atoms with Gasteiger partial charge in [0.2, 0.25) is 0 Å². The first-order chi connectivity index (χ1) is 12.5. The molecule has 6 heteroatoms. The first kappa shape index (κ1) is 16.4. The lowest BCUT2D eigenvalue weighted by atomic mass is 10.2. The van der Waals surface area contributed by atoms with Gasteiger partial charge < -0.3 is 13.9 Å². The molecular weight excluding hydrogens is 352 g/mol. The van der Waals surface area contributed by atoms with Crippen LogP contribution in [-0.2, 0) is 7.05 Å². The molecule has 0 spiro atoms. The third-order valence-corrected chi connectivity index (χ3v) is 4.85. The van der Waals surface area contributed by atoms with Crippen molar-refractivity contribution in [1.82, 2.24) is 4.57 Å². The maximum absolute atomic E-state index is 13.0. The van der Waals surface area contributed by atoms with Gasteiger partial charge in [0.15, 0.2) is 0 Å². The van der Waals surface area contributed by atoms with E-state index >= 15 is 0 Å². The van der Waals surface area contributed by atoms with Gasteiger partial charge in [-0.25, -0.2) is 4.79 Å². The summed E-state index contributed by atoms with van der Waals surface area (Å²) in [6.45, 7) is 0. The van der Waals surface area contributed by atoms with Crippen molar-refractivity contribution in [3.63, 3.8) is 0 Å². The normalized spacial score (nSPS) is 11.2. The second-order valence-corrected chi connectivity index (χ2v) is 6.46. The molecule has 0 radical (unpaired) electrons. The topological polar surface area (TPSA) is 55.5 Å². The van der Waals surface area contributed by atoms with Crippen LogP contribution in [0.5, 0.6) is 0 Å². The van der Waals surface area contributed by atoms with Crippen molar-refractivity contribution in [2.24, 2.45) is 7.05 Å². The van der Waals surface area contributed by atoms with Crippen LogP contribution >= 0.6 is 11.6 Å². The van der Waals surface area contributed by atoms with Crippen LogP contribution in [0, 0.1) is 0 Å². The molecule has 0 bridgehead atoms. The second kappa shape index (κ2) is 6.04. The highest BCUT2D eigenvalue weighted by atomic mass is 35.5. The van der Waals surface area contributed by atoms with Gasteiger partial charge in [0, 0.05) is 19.5 Å². The van der Waals surface area contributed by atoms with E-state index in [9.17, 15) is 9.59 Å². The standard InChI is InChI=1S/C20H15ClN2O3/c1-22-16(19(24)23(2)15-9-5-4-8-14(15)21)11-13-18(22)12-7-3-6-10-17(12)26-20(13)25/h3-11H,1-2H3. The highest BCUT2D eigenvalue weighted by Crippen LogP contribution is 2.28. The van der Waals surface area contributed by atoms with Gasteiger partial charge in [-0.3, -0.25) is 4.79 Å². The molecular formula is C20H15ClN2O3. The van der Waals surface area contributed by atoms with Crippen molar-refractivity contribution in [2.45, 2.75) is 0 Å². The van der Waals surface area contributed by atoms with Gasteiger partial charge in [-0.05, 0) is 30.3 Å². The van der Waals surface area contributed by atoms with Gasteiger partial charge >= 0.3 is 5.63 Å². The van der Waals surface area contributed by atoms with Crippen LogP contribution in [0.25, 0.3) is 21.9 Å². The molecule has 5 nitrogen and oxygen atoms in total. The molecule has 2 aromatic heterocycles. The number of para-hydroxylation sites is 2.